The fourth-order valence-electron chi connectivity index (χ4n) is 1.95. The summed E-state index contributed by atoms with van der Waals surface area (Å²) in [4.78, 5) is 2.36. The van der Waals surface area contributed by atoms with E-state index in [1.54, 1.807) is 0 Å². The van der Waals surface area contributed by atoms with E-state index < -0.39 is 10.8 Å². The Labute approximate surface area is 99.1 Å². The Morgan fingerprint density at radius 3 is 2.62 bits per heavy atom. The van der Waals surface area contributed by atoms with Crippen LogP contribution >= 0.6 is 0 Å². The minimum atomic E-state index is -0.587. The summed E-state index contributed by atoms with van der Waals surface area (Å²) >= 11 is 0. The highest BCUT2D eigenvalue weighted by atomic mass is 32.2. The molecule has 0 radical (unpaired) electrons. The van der Waals surface area contributed by atoms with Crippen molar-refractivity contribution in [2.45, 2.75) is 13.1 Å². The molecule has 4 heteroatoms. The molecule has 0 bridgehead atoms. The number of rotatable bonds is 3. The third kappa shape index (κ3) is 3.14. The summed E-state index contributed by atoms with van der Waals surface area (Å²) < 4.78 is 11.2. The van der Waals surface area contributed by atoms with Crippen LogP contribution in [0.25, 0.3) is 0 Å². The van der Waals surface area contributed by atoms with Gasteiger partial charge in [0.25, 0.3) is 0 Å². The molecule has 3 nitrogen and oxygen atoms in total. The van der Waals surface area contributed by atoms with Crippen LogP contribution in [0.1, 0.15) is 11.1 Å². The van der Waals surface area contributed by atoms with Crippen molar-refractivity contribution in [2.24, 2.45) is 5.73 Å². The van der Waals surface area contributed by atoms with E-state index in [9.17, 15) is 4.21 Å². The summed E-state index contributed by atoms with van der Waals surface area (Å²) in [6, 6.07) is 8.39. The van der Waals surface area contributed by atoms with Crippen molar-refractivity contribution in [3.63, 3.8) is 0 Å². The molecule has 0 spiro atoms. The highest BCUT2D eigenvalue weighted by Gasteiger charge is 2.14. The van der Waals surface area contributed by atoms with Crippen molar-refractivity contribution >= 4 is 10.8 Å². The molecule has 1 saturated heterocycles. The number of benzene rings is 1. The second kappa shape index (κ2) is 5.57. The molecule has 88 valence electrons. The molecule has 1 aromatic carbocycles. The third-order valence-corrected chi connectivity index (χ3v) is 4.18. The van der Waals surface area contributed by atoms with Gasteiger partial charge >= 0.3 is 0 Å². The largest absolute Gasteiger partial charge is 0.326 e. The van der Waals surface area contributed by atoms with Gasteiger partial charge in [-0.3, -0.25) is 9.11 Å². The summed E-state index contributed by atoms with van der Waals surface area (Å²) in [7, 11) is -0.587. The van der Waals surface area contributed by atoms with Gasteiger partial charge in [-0.25, -0.2) is 0 Å². The van der Waals surface area contributed by atoms with Crippen molar-refractivity contribution in [3.8, 4) is 0 Å². The van der Waals surface area contributed by atoms with Crippen molar-refractivity contribution in [3.05, 3.63) is 35.4 Å². The maximum atomic E-state index is 11.2. The molecule has 0 aliphatic carbocycles. The summed E-state index contributed by atoms with van der Waals surface area (Å²) in [5.74, 6) is 1.63. The van der Waals surface area contributed by atoms with Gasteiger partial charge in [0.2, 0.25) is 0 Å². The zero-order valence-corrected chi connectivity index (χ0v) is 10.2. The smallest absolute Gasteiger partial charge is 0.0363 e. The first-order chi connectivity index (χ1) is 7.78. The molecule has 1 heterocycles. The van der Waals surface area contributed by atoms with Gasteiger partial charge in [-0.15, -0.1) is 0 Å². The van der Waals surface area contributed by atoms with Crippen molar-refractivity contribution in [1.82, 2.24) is 4.90 Å². The highest BCUT2D eigenvalue weighted by Crippen LogP contribution is 2.10. The lowest BCUT2D eigenvalue weighted by Crippen LogP contribution is -2.37. The van der Waals surface area contributed by atoms with Crippen LogP contribution in [-0.4, -0.2) is 33.7 Å². The van der Waals surface area contributed by atoms with E-state index in [0.29, 0.717) is 6.54 Å². The molecule has 0 aromatic heterocycles. The zero-order chi connectivity index (χ0) is 11.4. The first kappa shape index (κ1) is 11.8. The van der Waals surface area contributed by atoms with Crippen LogP contribution in [0.2, 0.25) is 0 Å². The predicted octanol–water partition coefficient (Wildman–Crippen LogP) is 0.710. The third-order valence-electron chi connectivity index (χ3n) is 2.90. The van der Waals surface area contributed by atoms with Gasteiger partial charge in [-0.1, -0.05) is 24.3 Å². The first-order valence-corrected chi connectivity index (χ1v) is 7.12. The number of hydrogen-bond donors (Lipinski definition) is 1. The van der Waals surface area contributed by atoms with Crippen LogP contribution in [0.4, 0.5) is 0 Å². The lowest BCUT2D eigenvalue weighted by Gasteiger charge is -2.26. The molecule has 0 atom stereocenters. The van der Waals surface area contributed by atoms with Gasteiger partial charge in [-0.2, -0.15) is 0 Å². The van der Waals surface area contributed by atoms with E-state index in [0.717, 1.165) is 31.1 Å². The SMILES string of the molecule is NCc1cccc(CN2CCS(=O)CC2)c1. The van der Waals surface area contributed by atoms with Gasteiger partial charge in [0, 0.05) is 48.5 Å². The van der Waals surface area contributed by atoms with Gasteiger partial charge in [0.05, 0.1) is 0 Å². The van der Waals surface area contributed by atoms with Crippen LogP contribution < -0.4 is 5.73 Å². The van der Waals surface area contributed by atoms with Gasteiger partial charge in [0.15, 0.2) is 0 Å². The monoisotopic (exact) mass is 238 g/mol. The summed E-state index contributed by atoms with van der Waals surface area (Å²) in [6.45, 7) is 3.43. The van der Waals surface area contributed by atoms with E-state index in [1.165, 1.54) is 11.1 Å². The fourth-order valence-corrected chi connectivity index (χ4v) is 3.07. The molecule has 0 unspecified atom stereocenters. The van der Waals surface area contributed by atoms with E-state index in [-0.39, 0.29) is 0 Å². The summed E-state index contributed by atoms with van der Waals surface area (Å²) in [5.41, 5.74) is 8.10. The lowest BCUT2D eigenvalue weighted by molar-refractivity contribution is 0.291. The number of nitrogens with zero attached hydrogens (tertiary/aromatic N) is 1. The average Bonchev–Trinajstić information content (AvgIpc) is 2.32. The molecule has 1 aliphatic rings. The van der Waals surface area contributed by atoms with Gasteiger partial charge < -0.3 is 5.73 Å². The molecular formula is C12H18N2OS. The van der Waals surface area contributed by atoms with Crippen LogP contribution in [-0.2, 0) is 23.9 Å². The van der Waals surface area contributed by atoms with Crippen LogP contribution in [0.15, 0.2) is 24.3 Å². The Morgan fingerprint density at radius 1 is 1.25 bits per heavy atom. The minimum Gasteiger partial charge on any atom is -0.326 e. The minimum absolute atomic E-state index is 0.587. The average molecular weight is 238 g/mol. The molecule has 1 aromatic rings. The standard InChI is InChI=1S/C12H18N2OS/c13-9-11-2-1-3-12(8-11)10-14-4-6-16(15)7-5-14/h1-3,8H,4-7,9-10,13H2. The molecule has 1 aliphatic heterocycles. The second-order valence-electron chi connectivity index (χ2n) is 4.15. The fraction of sp³-hybridized carbons (Fsp3) is 0.500. The zero-order valence-electron chi connectivity index (χ0n) is 9.39. The first-order valence-electron chi connectivity index (χ1n) is 5.63. The maximum Gasteiger partial charge on any atom is 0.0363 e. The van der Waals surface area contributed by atoms with Crippen LogP contribution in [0.3, 0.4) is 0 Å². The molecule has 16 heavy (non-hydrogen) atoms. The molecule has 0 amide bonds. The molecular weight excluding hydrogens is 220 g/mol. The van der Waals surface area contributed by atoms with E-state index >= 15 is 0 Å². The molecule has 0 saturated carbocycles. The van der Waals surface area contributed by atoms with E-state index in [2.05, 4.69) is 29.2 Å². The molecule has 2 rings (SSSR count). The molecule has 1 fully saturated rings. The van der Waals surface area contributed by atoms with E-state index in [1.807, 2.05) is 0 Å². The van der Waals surface area contributed by atoms with Crippen molar-refractivity contribution < 1.29 is 4.21 Å². The number of nitrogens with two attached hydrogens (primary N) is 1. The number of hydrogen-bond acceptors (Lipinski definition) is 3. The Kier molecular flexibility index (Phi) is 4.09. The van der Waals surface area contributed by atoms with Gasteiger partial charge in [-0.05, 0) is 11.1 Å². The Hall–Kier alpha value is -0.710. The quantitative estimate of drug-likeness (QED) is 0.843. The Balaban J connectivity index is 1.95. The van der Waals surface area contributed by atoms with Gasteiger partial charge in [0.1, 0.15) is 0 Å². The van der Waals surface area contributed by atoms with E-state index in [4.69, 9.17) is 5.73 Å². The summed E-state index contributed by atoms with van der Waals surface area (Å²) in [5, 5.41) is 0. The normalized spacial score (nSPS) is 18.8. The molecule has 2 N–H and O–H groups in total. The Morgan fingerprint density at radius 2 is 1.94 bits per heavy atom. The maximum absolute atomic E-state index is 11.2. The van der Waals surface area contributed by atoms with Crippen LogP contribution in [0.5, 0.6) is 0 Å². The van der Waals surface area contributed by atoms with Crippen LogP contribution in [0, 0.1) is 0 Å². The lowest BCUT2D eigenvalue weighted by atomic mass is 10.1. The highest BCUT2D eigenvalue weighted by molar-refractivity contribution is 7.85. The predicted molar refractivity (Wildman–Crippen MR) is 67.5 cm³/mol. The second-order valence-corrected chi connectivity index (χ2v) is 5.84. The van der Waals surface area contributed by atoms with Crippen molar-refractivity contribution in [2.75, 3.05) is 24.6 Å². The van der Waals surface area contributed by atoms with Crippen molar-refractivity contribution in [1.29, 1.82) is 0 Å². The Bertz CT molecular complexity index is 371. The topological polar surface area (TPSA) is 46.3 Å². The summed E-state index contributed by atoms with van der Waals surface area (Å²) in [6.07, 6.45) is 0.